The summed E-state index contributed by atoms with van der Waals surface area (Å²) in [7, 11) is 0. The van der Waals surface area contributed by atoms with Gasteiger partial charge in [-0.15, -0.1) is 0 Å². The van der Waals surface area contributed by atoms with Gasteiger partial charge in [0.1, 0.15) is 6.61 Å². The van der Waals surface area contributed by atoms with Crippen LogP contribution >= 0.6 is 22.6 Å². The SMILES string of the molecule is CCOCCOC(=O)c1cccc(I)c1. The van der Waals surface area contributed by atoms with E-state index in [4.69, 9.17) is 9.47 Å². The monoisotopic (exact) mass is 320 g/mol. The Bertz CT molecular complexity index is 325. The summed E-state index contributed by atoms with van der Waals surface area (Å²) in [6.45, 7) is 3.30. The predicted octanol–water partition coefficient (Wildman–Crippen LogP) is 2.48. The van der Waals surface area contributed by atoms with Crippen LogP contribution in [0.3, 0.4) is 0 Å². The van der Waals surface area contributed by atoms with E-state index in [2.05, 4.69) is 22.6 Å². The van der Waals surface area contributed by atoms with Crippen LogP contribution in [-0.4, -0.2) is 25.8 Å². The lowest BCUT2D eigenvalue weighted by Gasteiger charge is -2.04. The van der Waals surface area contributed by atoms with Crippen molar-refractivity contribution < 1.29 is 14.3 Å². The second-order valence-corrected chi connectivity index (χ2v) is 4.09. The molecule has 0 aliphatic heterocycles. The van der Waals surface area contributed by atoms with Gasteiger partial charge in [-0.2, -0.15) is 0 Å². The molecule has 0 amide bonds. The molecule has 0 spiro atoms. The summed E-state index contributed by atoms with van der Waals surface area (Å²) in [6.07, 6.45) is 0. The number of carbonyl (C=O) groups excluding carboxylic acids is 1. The summed E-state index contributed by atoms with van der Waals surface area (Å²) < 4.78 is 11.1. The fourth-order valence-corrected chi connectivity index (χ4v) is 1.58. The molecule has 0 aliphatic rings. The second-order valence-electron chi connectivity index (χ2n) is 2.84. The number of halogens is 1. The number of hydrogen-bond donors (Lipinski definition) is 0. The third kappa shape index (κ3) is 4.61. The molecule has 1 aromatic rings. The molecule has 0 unspecified atom stereocenters. The van der Waals surface area contributed by atoms with Gasteiger partial charge in [-0.3, -0.25) is 0 Å². The molecule has 0 aliphatic carbocycles. The van der Waals surface area contributed by atoms with Gasteiger partial charge < -0.3 is 9.47 Å². The number of ether oxygens (including phenoxy) is 2. The zero-order valence-corrected chi connectivity index (χ0v) is 10.7. The van der Waals surface area contributed by atoms with Crippen LogP contribution < -0.4 is 0 Å². The number of carbonyl (C=O) groups is 1. The minimum Gasteiger partial charge on any atom is -0.460 e. The molecule has 3 nitrogen and oxygen atoms in total. The maximum absolute atomic E-state index is 11.5. The number of esters is 1. The van der Waals surface area contributed by atoms with Gasteiger partial charge in [0.2, 0.25) is 0 Å². The minimum atomic E-state index is -0.298. The van der Waals surface area contributed by atoms with E-state index in [0.29, 0.717) is 25.4 Å². The first-order valence-electron chi connectivity index (χ1n) is 4.74. The Hall–Kier alpha value is -0.620. The summed E-state index contributed by atoms with van der Waals surface area (Å²) in [4.78, 5) is 11.5. The molecule has 1 aromatic carbocycles. The smallest absolute Gasteiger partial charge is 0.338 e. The molecule has 4 heteroatoms. The summed E-state index contributed by atoms with van der Waals surface area (Å²) in [5, 5.41) is 0. The number of benzene rings is 1. The number of rotatable bonds is 5. The Morgan fingerprint density at radius 1 is 1.40 bits per heavy atom. The molecule has 0 bridgehead atoms. The van der Waals surface area contributed by atoms with E-state index in [1.807, 2.05) is 19.1 Å². The van der Waals surface area contributed by atoms with E-state index in [1.54, 1.807) is 12.1 Å². The van der Waals surface area contributed by atoms with Crippen molar-refractivity contribution in [1.82, 2.24) is 0 Å². The lowest BCUT2D eigenvalue weighted by atomic mass is 10.2. The maximum atomic E-state index is 11.5. The van der Waals surface area contributed by atoms with Crippen LogP contribution in [0.4, 0.5) is 0 Å². The van der Waals surface area contributed by atoms with Crippen LogP contribution in [0.25, 0.3) is 0 Å². The van der Waals surface area contributed by atoms with Crippen LogP contribution in [0.15, 0.2) is 24.3 Å². The average molecular weight is 320 g/mol. The summed E-state index contributed by atoms with van der Waals surface area (Å²) in [5.74, 6) is -0.298. The van der Waals surface area contributed by atoms with Gasteiger partial charge in [0, 0.05) is 10.2 Å². The van der Waals surface area contributed by atoms with Gasteiger partial charge in [-0.1, -0.05) is 6.07 Å². The van der Waals surface area contributed by atoms with Gasteiger partial charge in [-0.25, -0.2) is 4.79 Å². The fraction of sp³-hybridized carbons (Fsp3) is 0.364. The third-order valence-electron chi connectivity index (χ3n) is 1.73. The van der Waals surface area contributed by atoms with Crippen molar-refractivity contribution in [2.45, 2.75) is 6.92 Å². The maximum Gasteiger partial charge on any atom is 0.338 e. The largest absolute Gasteiger partial charge is 0.460 e. The lowest BCUT2D eigenvalue weighted by Crippen LogP contribution is -2.10. The van der Waals surface area contributed by atoms with E-state index in [-0.39, 0.29) is 5.97 Å². The highest BCUT2D eigenvalue weighted by Crippen LogP contribution is 2.08. The Morgan fingerprint density at radius 2 is 2.20 bits per heavy atom. The van der Waals surface area contributed by atoms with Crippen molar-refractivity contribution in [3.8, 4) is 0 Å². The van der Waals surface area contributed by atoms with Crippen molar-refractivity contribution in [3.05, 3.63) is 33.4 Å². The third-order valence-corrected chi connectivity index (χ3v) is 2.40. The van der Waals surface area contributed by atoms with Crippen molar-refractivity contribution >= 4 is 28.6 Å². The van der Waals surface area contributed by atoms with E-state index in [0.717, 1.165) is 3.57 Å². The summed E-state index contributed by atoms with van der Waals surface area (Å²) >= 11 is 2.16. The van der Waals surface area contributed by atoms with Gasteiger partial charge in [0.25, 0.3) is 0 Å². The van der Waals surface area contributed by atoms with Gasteiger partial charge in [-0.05, 0) is 47.7 Å². The standard InChI is InChI=1S/C11H13IO3/c1-2-14-6-7-15-11(13)9-4-3-5-10(12)8-9/h3-5,8H,2,6-7H2,1H3. The quantitative estimate of drug-likeness (QED) is 0.475. The normalized spacial score (nSPS) is 10.0. The Kier molecular flexibility index (Phi) is 5.63. The molecule has 0 radical (unpaired) electrons. The summed E-state index contributed by atoms with van der Waals surface area (Å²) in [5.41, 5.74) is 0.582. The van der Waals surface area contributed by atoms with Crippen LogP contribution in [0.5, 0.6) is 0 Å². The average Bonchev–Trinajstić information content (AvgIpc) is 2.24. The molecular formula is C11H13IO3. The Labute approximate surface area is 103 Å². The van der Waals surface area contributed by atoms with Gasteiger partial charge in [0.15, 0.2) is 0 Å². The molecule has 0 saturated carbocycles. The van der Waals surface area contributed by atoms with Crippen molar-refractivity contribution in [3.63, 3.8) is 0 Å². The Morgan fingerprint density at radius 3 is 2.87 bits per heavy atom. The predicted molar refractivity (Wildman–Crippen MR) is 65.9 cm³/mol. The molecule has 0 aromatic heterocycles. The van der Waals surface area contributed by atoms with Crippen molar-refractivity contribution in [2.75, 3.05) is 19.8 Å². The first-order chi connectivity index (χ1) is 7.24. The number of hydrogen-bond acceptors (Lipinski definition) is 3. The molecule has 0 N–H and O–H groups in total. The molecule has 0 fully saturated rings. The van der Waals surface area contributed by atoms with E-state index in [1.165, 1.54) is 0 Å². The lowest BCUT2D eigenvalue weighted by molar-refractivity contribution is 0.0335. The zero-order valence-electron chi connectivity index (χ0n) is 8.53. The fourth-order valence-electron chi connectivity index (χ4n) is 1.04. The zero-order chi connectivity index (χ0) is 11.1. The van der Waals surface area contributed by atoms with Gasteiger partial charge in [0.05, 0.1) is 12.2 Å². The molecule has 0 atom stereocenters. The van der Waals surface area contributed by atoms with Gasteiger partial charge >= 0.3 is 5.97 Å². The second kappa shape index (κ2) is 6.79. The minimum absolute atomic E-state index is 0.298. The topological polar surface area (TPSA) is 35.5 Å². The first-order valence-corrected chi connectivity index (χ1v) is 5.82. The molecule has 1 rings (SSSR count). The first kappa shape index (κ1) is 12.4. The molecule has 82 valence electrons. The molecule has 15 heavy (non-hydrogen) atoms. The highest BCUT2D eigenvalue weighted by Gasteiger charge is 2.06. The van der Waals surface area contributed by atoms with E-state index < -0.39 is 0 Å². The molecular weight excluding hydrogens is 307 g/mol. The summed E-state index contributed by atoms with van der Waals surface area (Å²) in [6, 6.07) is 7.30. The molecule has 0 heterocycles. The van der Waals surface area contributed by atoms with Crippen LogP contribution in [0, 0.1) is 3.57 Å². The van der Waals surface area contributed by atoms with Crippen LogP contribution in [0.1, 0.15) is 17.3 Å². The van der Waals surface area contributed by atoms with E-state index >= 15 is 0 Å². The Balaban J connectivity index is 2.40. The highest BCUT2D eigenvalue weighted by molar-refractivity contribution is 14.1. The van der Waals surface area contributed by atoms with Crippen molar-refractivity contribution in [1.29, 1.82) is 0 Å². The highest BCUT2D eigenvalue weighted by atomic mass is 127. The van der Waals surface area contributed by atoms with Crippen LogP contribution in [0.2, 0.25) is 0 Å². The van der Waals surface area contributed by atoms with Crippen molar-refractivity contribution in [2.24, 2.45) is 0 Å². The van der Waals surface area contributed by atoms with E-state index in [9.17, 15) is 4.79 Å². The molecule has 0 saturated heterocycles. The van der Waals surface area contributed by atoms with Crippen LogP contribution in [-0.2, 0) is 9.47 Å².